The number of hydrogen-bond donors (Lipinski definition) is 0. The van der Waals surface area contributed by atoms with Crippen molar-refractivity contribution in [1.82, 2.24) is 0 Å². The molecule has 0 aliphatic heterocycles. The third-order valence-electron chi connectivity index (χ3n) is 8.99. The van der Waals surface area contributed by atoms with E-state index >= 15 is 0 Å². The Morgan fingerprint density at radius 1 is 0.400 bits per heavy atom. The van der Waals surface area contributed by atoms with Gasteiger partial charge < -0.3 is 4.42 Å². The molecule has 0 spiro atoms. The first kappa shape index (κ1) is 17.4. The Kier molecular flexibility index (Phi) is 3.59. The molecule has 208 valence electrons. The summed E-state index contributed by atoms with van der Waals surface area (Å²) in [6.45, 7) is 0. The fourth-order valence-corrected chi connectivity index (χ4v) is 7.13. The van der Waals surface area contributed by atoms with Gasteiger partial charge in [0.05, 0.1) is 12.3 Å². The van der Waals surface area contributed by atoms with Gasteiger partial charge in [0.1, 0.15) is 11.2 Å². The average Bonchev–Trinajstić information content (AvgIpc) is 3.59. The Bertz CT molecular complexity index is 3270. The third-order valence-corrected chi connectivity index (χ3v) is 8.99. The lowest BCUT2D eigenvalue weighted by Crippen LogP contribution is -1.92. The van der Waals surface area contributed by atoms with Crippen LogP contribution in [0.4, 0.5) is 0 Å². The molecule has 0 radical (unpaired) electrons. The van der Waals surface area contributed by atoms with E-state index in [2.05, 4.69) is 42.5 Å². The van der Waals surface area contributed by atoms with Crippen LogP contribution in [0.15, 0.2) is 162 Å². The third kappa shape index (κ3) is 3.44. The van der Waals surface area contributed by atoms with Gasteiger partial charge in [-0.05, 0) is 82.8 Å². The highest BCUT2D eigenvalue weighted by Crippen LogP contribution is 2.49. The summed E-state index contributed by atoms with van der Waals surface area (Å²) in [7, 11) is 0. The van der Waals surface area contributed by atoms with Crippen LogP contribution in [0.5, 0.6) is 0 Å². The van der Waals surface area contributed by atoms with Crippen LogP contribution >= 0.6 is 0 Å². The summed E-state index contributed by atoms with van der Waals surface area (Å²) in [5.41, 5.74) is 2.68. The van der Waals surface area contributed by atoms with Crippen LogP contribution in [0.3, 0.4) is 0 Å². The zero-order valence-corrected chi connectivity index (χ0v) is 23.7. The van der Waals surface area contributed by atoms with E-state index in [-0.39, 0.29) is 50.4 Å². The molecule has 1 nitrogen and oxygen atoms in total. The lowest BCUT2D eigenvalue weighted by atomic mass is 9.83. The van der Waals surface area contributed by atoms with E-state index < -0.39 is 42.3 Å². The molecule has 0 aliphatic carbocycles. The lowest BCUT2D eigenvalue weighted by Gasteiger charge is -2.20. The molecule has 0 aliphatic rings. The molecule has 0 atom stereocenters. The Hall–Kier alpha value is -5.92. The van der Waals surface area contributed by atoms with E-state index in [4.69, 9.17) is 15.4 Å². The van der Waals surface area contributed by atoms with Crippen LogP contribution in [-0.4, -0.2) is 0 Å². The van der Waals surface area contributed by atoms with Crippen LogP contribution < -0.4 is 0 Å². The van der Waals surface area contributed by atoms with Crippen LogP contribution in [0.2, 0.25) is 0 Å². The summed E-state index contributed by atoms with van der Waals surface area (Å²) >= 11 is 0. The number of para-hydroxylation sites is 1. The molecule has 0 fully saturated rings. The molecule has 0 saturated heterocycles. The molecule has 10 rings (SSSR count). The summed E-state index contributed by atoms with van der Waals surface area (Å²) in [6, 6.07) is 30.9. The zero-order valence-electron chi connectivity index (χ0n) is 32.7. The van der Waals surface area contributed by atoms with Crippen LogP contribution in [0.1, 0.15) is 12.3 Å². The van der Waals surface area contributed by atoms with Gasteiger partial charge in [-0.25, -0.2) is 0 Å². The summed E-state index contributed by atoms with van der Waals surface area (Å²) < 4.78 is 86.1. The Morgan fingerprint density at radius 2 is 1.00 bits per heavy atom. The number of hydrogen-bond acceptors (Lipinski definition) is 1. The van der Waals surface area contributed by atoms with Crippen molar-refractivity contribution in [1.29, 1.82) is 0 Å². The quantitative estimate of drug-likeness (QED) is 0.147. The molecule has 10 aromatic rings. The van der Waals surface area contributed by atoms with Crippen LogP contribution in [-0.2, 0) is 0 Å². The predicted octanol–water partition coefficient (Wildman–Crippen LogP) is 12.7. The molecule has 1 heterocycles. The minimum absolute atomic E-state index is 0.0248. The van der Waals surface area contributed by atoms with Crippen molar-refractivity contribution in [2.75, 3.05) is 0 Å². The van der Waals surface area contributed by atoms with E-state index in [9.17, 15) is 1.37 Å². The molecule has 0 N–H and O–H groups in total. The molecule has 9 aromatic carbocycles. The summed E-state index contributed by atoms with van der Waals surface area (Å²) in [4.78, 5) is 0. The van der Waals surface area contributed by atoms with Crippen LogP contribution in [0.25, 0.3) is 98.1 Å². The standard InChI is InChI=1S/C44H26O/c1-3-14-29-27(12-1)24-25-32-31(29)21-11-22-33(32)41-34-16-5-7-18-36(34)42(37-19-8-6-17-35(37)41)39-26-28-13-2-4-15-30(28)44-43(39)38-20-9-10-23-40(38)45-44/h1-26H/i2D,4D,9D,10D,13D,15D,20D,23D,26D. The monoisotopic (exact) mass is 579 g/mol. The second-order valence-electron chi connectivity index (χ2n) is 11.3. The second-order valence-corrected chi connectivity index (χ2v) is 11.3. The normalized spacial score (nSPS) is 14.8. The predicted molar refractivity (Wildman–Crippen MR) is 192 cm³/mol. The van der Waals surface area contributed by atoms with E-state index in [1.54, 1.807) is 0 Å². The van der Waals surface area contributed by atoms with Crippen LogP contribution in [0, 0.1) is 0 Å². The molecule has 1 heteroatoms. The average molecular weight is 580 g/mol. The fraction of sp³-hybridized carbons (Fsp3) is 0. The Balaban J connectivity index is 1.46. The number of rotatable bonds is 2. The van der Waals surface area contributed by atoms with Gasteiger partial charge >= 0.3 is 0 Å². The first-order valence-corrected chi connectivity index (χ1v) is 14.8. The van der Waals surface area contributed by atoms with Crippen molar-refractivity contribution in [3.8, 4) is 22.3 Å². The van der Waals surface area contributed by atoms with Gasteiger partial charge in [-0.1, -0.05) is 145 Å². The highest BCUT2D eigenvalue weighted by Gasteiger charge is 2.22. The number of fused-ring (bicyclic) bond motifs is 10. The SMILES string of the molecule is [2H]c1c([2H])c([2H])c2c(oc3c4c([2H])c([2H])c([2H])c([2H])c4c([2H])c(-c4c5ccccc5c(-c5cccc6c5ccc5ccccc56)c5ccccc45)c32)c1[2H]. The first-order valence-electron chi connectivity index (χ1n) is 19.3. The molecule has 45 heavy (non-hydrogen) atoms. The smallest absolute Gasteiger partial charge is 0.143 e. The highest BCUT2D eigenvalue weighted by molar-refractivity contribution is 6.30. The highest BCUT2D eigenvalue weighted by atomic mass is 16.3. The van der Waals surface area contributed by atoms with Gasteiger partial charge in [0.2, 0.25) is 0 Å². The minimum Gasteiger partial charge on any atom is -0.455 e. The Morgan fingerprint density at radius 3 is 1.76 bits per heavy atom. The maximum atomic E-state index is 9.87. The molecule has 1 aromatic heterocycles. The first-order chi connectivity index (χ1) is 26.1. The fourth-order valence-electron chi connectivity index (χ4n) is 7.13. The van der Waals surface area contributed by atoms with Crippen molar-refractivity contribution < 1.29 is 16.8 Å². The molecule has 0 saturated carbocycles. The van der Waals surface area contributed by atoms with Crippen molar-refractivity contribution in [3.05, 3.63) is 158 Å². The van der Waals surface area contributed by atoms with Crippen molar-refractivity contribution >= 4 is 75.8 Å². The van der Waals surface area contributed by atoms with Gasteiger partial charge in [0.25, 0.3) is 0 Å². The van der Waals surface area contributed by atoms with Gasteiger partial charge in [0, 0.05) is 16.2 Å². The van der Waals surface area contributed by atoms with E-state index in [0.717, 1.165) is 54.2 Å². The zero-order chi connectivity index (χ0) is 37.3. The van der Waals surface area contributed by atoms with Gasteiger partial charge in [0.15, 0.2) is 0 Å². The lowest BCUT2D eigenvalue weighted by molar-refractivity contribution is 0.673. The summed E-state index contributed by atoms with van der Waals surface area (Å²) in [5.74, 6) is 0. The van der Waals surface area contributed by atoms with Crippen molar-refractivity contribution in [2.24, 2.45) is 0 Å². The molecule has 0 bridgehead atoms. The van der Waals surface area contributed by atoms with Crippen molar-refractivity contribution in [2.45, 2.75) is 0 Å². The van der Waals surface area contributed by atoms with Crippen molar-refractivity contribution in [3.63, 3.8) is 0 Å². The summed E-state index contributed by atoms with van der Waals surface area (Å²) in [5, 5.41) is 7.87. The van der Waals surface area contributed by atoms with E-state index in [1.807, 2.05) is 60.7 Å². The van der Waals surface area contributed by atoms with E-state index in [0.29, 0.717) is 5.56 Å². The largest absolute Gasteiger partial charge is 0.455 e. The number of benzene rings is 9. The molecule has 0 amide bonds. The molecular formula is C44H26O. The summed E-state index contributed by atoms with van der Waals surface area (Å²) in [6.07, 6.45) is 0. The minimum atomic E-state index is -0.510. The maximum Gasteiger partial charge on any atom is 0.143 e. The van der Waals surface area contributed by atoms with Gasteiger partial charge in [-0.2, -0.15) is 0 Å². The topological polar surface area (TPSA) is 13.1 Å². The molecular weight excluding hydrogens is 544 g/mol. The number of furan rings is 1. The van der Waals surface area contributed by atoms with Gasteiger partial charge in [-0.3, -0.25) is 0 Å². The molecule has 0 unspecified atom stereocenters. The maximum absolute atomic E-state index is 9.87. The second kappa shape index (κ2) is 9.29. The van der Waals surface area contributed by atoms with Gasteiger partial charge in [-0.15, -0.1) is 0 Å². The van der Waals surface area contributed by atoms with E-state index in [1.165, 1.54) is 0 Å². The Labute approximate surface area is 272 Å².